The molecule has 0 atom stereocenters. The molecule has 0 radical (unpaired) electrons. The van der Waals surface area contributed by atoms with Gasteiger partial charge in [-0.25, -0.2) is 13.4 Å². The number of pyridine rings is 1. The first kappa shape index (κ1) is 16.4. The van der Waals surface area contributed by atoms with E-state index in [1.165, 1.54) is 4.31 Å². The van der Waals surface area contributed by atoms with Crippen LogP contribution >= 0.6 is 0 Å². The van der Waals surface area contributed by atoms with E-state index in [2.05, 4.69) is 10.3 Å². The van der Waals surface area contributed by atoms with Gasteiger partial charge in [0.05, 0.1) is 6.10 Å². The molecule has 1 aliphatic rings. The monoisotopic (exact) mass is 313 g/mol. The fraction of sp³-hybridized carbons (Fsp3) is 0.643. The van der Waals surface area contributed by atoms with Gasteiger partial charge in [-0.2, -0.15) is 4.31 Å². The Morgan fingerprint density at radius 3 is 2.62 bits per heavy atom. The van der Waals surface area contributed by atoms with Crippen molar-refractivity contribution in [1.29, 1.82) is 0 Å². The van der Waals surface area contributed by atoms with Gasteiger partial charge in [0.15, 0.2) is 5.03 Å². The maximum atomic E-state index is 12.5. The van der Waals surface area contributed by atoms with Gasteiger partial charge in [0.25, 0.3) is 10.0 Å². The molecule has 1 saturated heterocycles. The number of hydrogen-bond acceptors (Lipinski definition) is 5. The van der Waals surface area contributed by atoms with Crippen LogP contribution in [0.4, 0.5) is 0 Å². The number of nitrogens with zero attached hydrogens (tertiary/aromatic N) is 2. The molecule has 21 heavy (non-hydrogen) atoms. The normalized spacial score (nSPS) is 18.0. The predicted octanol–water partition coefficient (Wildman–Crippen LogP) is 0.991. The van der Waals surface area contributed by atoms with Crippen molar-refractivity contribution in [3.63, 3.8) is 0 Å². The van der Waals surface area contributed by atoms with E-state index >= 15 is 0 Å². The fourth-order valence-electron chi connectivity index (χ4n) is 2.38. The van der Waals surface area contributed by atoms with Gasteiger partial charge in [-0.1, -0.05) is 13.0 Å². The number of piperidine rings is 1. The van der Waals surface area contributed by atoms with Crippen LogP contribution < -0.4 is 5.32 Å². The number of methoxy groups -OCH3 is 1. The largest absolute Gasteiger partial charge is 0.381 e. The number of hydrogen-bond donors (Lipinski definition) is 1. The van der Waals surface area contributed by atoms with E-state index in [0.29, 0.717) is 19.6 Å². The van der Waals surface area contributed by atoms with Crippen molar-refractivity contribution >= 4 is 10.0 Å². The first-order valence-corrected chi connectivity index (χ1v) is 8.70. The summed E-state index contributed by atoms with van der Waals surface area (Å²) in [7, 11) is -1.82. The lowest BCUT2D eigenvalue weighted by molar-refractivity contribution is 0.0604. The van der Waals surface area contributed by atoms with Crippen LogP contribution in [0, 0.1) is 0 Å². The summed E-state index contributed by atoms with van der Waals surface area (Å²) in [5.41, 5.74) is 0.980. The van der Waals surface area contributed by atoms with Crippen molar-refractivity contribution in [3.05, 3.63) is 23.9 Å². The number of aromatic nitrogens is 1. The van der Waals surface area contributed by atoms with Crippen LogP contribution in [-0.4, -0.2) is 50.6 Å². The highest BCUT2D eigenvalue weighted by atomic mass is 32.2. The van der Waals surface area contributed by atoms with E-state index in [1.807, 2.05) is 13.0 Å². The molecule has 1 aromatic rings. The van der Waals surface area contributed by atoms with Gasteiger partial charge in [0, 0.05) is 32.9 Å². The third kappa shape index (κ3) is 4.00. The molecule has 0 saturated carbocycles. The molecule has 6 nitrogen and oxygen atoms in total. The molecule has 2 heterocycles. The van der Waals surface area contributed by atoms with E-state index in [4.69, 9.17) is 4.74 Å². The second-order valence-electron chi connectivity index (χ2n) is 5.12. The zero-order valence-electron chi connectivity index (χ0n) is 12.6. The summed E-state index contributed by atoms with van der Waals surface area (Å²) >= 11 is 0. The summed E-state index contributed by atoms with van der Waals surface area (Å²) < 4.78 is 31.8. The Balaban J connectivity index is 2.05. The van der Waals surface area contributed by atoms with Gasteiger partial charge in [-0.15, -0.1) is 0 Å². The van der Waals surface area contributed by atoms with Crippen LogP contribution in [0.1, 0.15) is 25.3 Å². The van der Waals surface area contributed by atoms with Crippen molar-refractivity contribution in [2.24, 2.45) is 0 Å². The molecular weight excluding hydrogens is 290 g/mol. The molecule has 1 N–H and O–H groups in total. The lowest BCUT2D eigenvalue weighted by Gasteiger charge is -2.30. The fourth-order valence-corrected chi connectivity index (χ4v) is 3.76. The highest BCUT2D eigenvalue weighted by Gasteiger charge is 2.30. The Morgan fingerprint density at radius 1 is 1.38 bits per heavy atom. The molecular formula is C14H23N3O3S. The van der Waals surface area contributed by atoms with Crippen molar-refractivity contribution in [1.82, 2.24) is 14.6 Å². The molecule has 7 heteroatoms. The van der Waals surface area contributed by atoms with Gasteiger partial charge < -0.3 is 10.1 Å². The van der Waals surface area contributed by atoms with Crippen LogP contribution in [0.25, 0.3) is 0 Å². The zero-order chi connectivity index (χ0) is 15.3. The summed E-state index contributed by atoms with van der Waals surface area (Å²) in [5, 5.41) is 3.31. The third-order valence-corrected chi connectivity index (χ3v) is 5.53. The smallest absolute Gasteiger partial charge is 0.260 e. The minimum absolute atomic E-state index is 0.124. The maximum Gasteiger partial charge on any atom is 0.260 e. The molecule has 2 rings (SSSR count). The Bertz CT molecular complexity index is 537. The Kier molecular flexibility index (Phi) is 5.69. The van der Waals surface area contributed by atoms with Gasteiger partial charge in [0.1, 0.15) is 0 Å². The predicted molar refractivity (Wildman–Crippen MR) is 80.4 cm³/mol. The summed E-state index contributed by atoms with van der Waals surface area (Å²) in [6.45, 7) is 4.57. The number of ether oxygens (including phenoxy) is 1. The van der Waals surface area contributed by atoms with Crippen molar-refractivity contribution in [2.45, 2.75) is 37.4 Å². The molecule has 0 amide bonds. The van der Waals surface area contributed by atoms with Gasteiger partial charge in [0.2, 0.25) is 0 Å². The summed E-state index contributed by atoms with van der Waals surface area (Å²) in [4.78, 5) is 4.12. The maximum absolute atomic E-state index is 12.5. The first-order chi connectivity index (χ1) is 10.1. The van der Waals surface area contributed by atoms with Gasteiger partial charge in [-0.05, 0) is 31.0 Å². The quantitative estimate of drug-likeness (QED) is 0.848. The van der Waals surface area contributed by atoms with E-state index in [-0.39, 0.29) is 11.1 Å². The minimum Gasteiger partial charge on any atom is -0.381 e. The summed E-state index contributed by atoms with van der Waals surface area (Å²) in [6.07, 6.45) is 3.24. The second kappa shape index (κ2) is 7.31. The Hall–Kier alpha value is -1.02. The topological polar surface area (TPSA) is 71.5 Å². The third-order valence-electron chi connectivity index (χ3n) is 3.72. The first-order valence-electron chi connectivity index (χ1n) is 7.26. The van der Waals surface area contributed by atoms with Crippen molar-refractivity contribution < 1.29 is 13.2 Å². The average molecular weight is 313 g/mol. The average Bonchev–Trinajstić information content (AvgIpc) is 2.53. The Labute approximate surface area is 126 Å². The molecule has 1 fully saturated rings. The minimum atomic E-state index is -3.48. The molecule has 0 aliphatic carbocycles. The van der Waals surface area contributed by atoms with Crippen molar-refractivity contribution in [3.8, 4) is 0 Å². The lowest BCUT2D eigenvalue weighted by atomic mass is 10.1. The highest BCUT2D eigenvalue weighted by molar-refractivity contribution is 7.89. The number of rotatable bonds is 6. The molecule has 0 aromatic carbocycles. The van der Waals surface area contributed by atoms with Crippen LogP contribution in [-0.2, 0) is 21.3 Å². The highest BCUT2D eigenvalue weighted by Crippen LogP contribution is 2.20. The van der Waals surface area contributed by atoms with E-state index in [0.717, 1.165) is 24.9 Å². The van der Waals surface area contributed by atoms with Crippen LogP contribution in [0.2, 0.25) is 0 Å². The van der Waals surface area contributed by atoms with Crippen LogP contribution in [0.5, 0.6) is 0 Å². The second-order valence-corrected chi connectivity index (χ2v) is 7.01. The summed E-state index contributed by atoms with van der Waals surface area (Å²) in [5.74, 6) is 0. The molecule has 0 unspecified atom stereocenters. The van der Waals surface area contributed by atoms with Gasteiger partial charge >= 0.3 is 0 Å². The zero-order valence-corrected chi connectivity index (χ0v) is 13.4. The van der Waals surface area contributed by atoms with Crippen LogP contribution in [0.15, 0.2) is 23.4 Å². The molecule has 118 valence electrons. The lowest BCUT2D eigenvalue weighted by Crippen LogP contribution is -2.40. The molecule has 1 aliphatic heterocycles. The van der Waals surface area contributed by atoms with E-state index in [1.54, 1.807) is 19.4 Å². The van der Waals surface area contributed by atoms with Gasteiger partial charge in [-0.3, -0.25) is 0 Å². The SMILES string of the molecule is CCNCc1ccc(S(=O)(=O)N2CCC(OC)CC2)nc1. The van der Waals surface area contributed by atoms with Crippen molar-refractivity contribution in [2.75, 3.05) is 26.7 Å². The Morgan fingerprint density at radius 2 is 2.10 bits per heavy atom. The van der Waals surface area contributed by atoms with Crippen LogP contribution in [0.3, 0.4) is 0 Å². The van der Waals surface area contributed by atoms with E-state index < -0.39 is 10.0 Å². The molecule has 0 spiro atoms. The number of nitrogens with one attached hydrogen (secondary N) is 1. The summed E-state index contributed by atoms with van der Waals surface area (Å²) in [6, 6.07) is 3.40. The van der Waals surface area contributed by atoms with E-state index in [9.17, 15) is 8.42 Å². The molecule has 1 aromatic heterocycles. The molecule has 0 bridgehead atoms. The standard InChI is InChI=1S/C14H23N3O3S/c1-3-15-10-12-4-5-14(16-11-12)21(18,19)17-8-6-13(20-2)7-9-17/h4-5,11,13,15H,3,6-10H2,1-2H3. The number of sulfonamides is 1.